The van der Waals surface area contributed by atoms with E-state index in [0.717, 1.165) is 36.6 Å². The lowest BCUT2D eigenvalue weighted by Crippen LogP contribution is -2.50. The van der Waals surface area contributed by atoms with Crippen LogP contribution in [-0.2, 0) is 6.61 Å². The Bertz CT molecular complexity index is 394. The second-order valence-corrected chi connectivity index (χ2v) is 4.92. The zero-order valence-electron chi connectivity index (χ0n) is 10.8. The lowest BCUT2D eigenvalue weighted by molar-refractivity contribution is 0.268. The Hall–Kier alpha value is -1.13. The van der Waals surface area contributed by atoms with Crippen molar-refractivity contribution in [3.8, 4) is 0 Å². The molecule has 1 unspecified atom stereocenters. The van der Waals surface area contributed by atoms with Gasteiger partial charge in [0.25, 0.3) is 0 Å². The number of anilines is 1. The Balaban J connectivity index is 2.29. The first-order valence-electron chi connectivity index (χ1n) is 6.13. The highest BCUT2D eigenvalue weighted by Crippen LogP contribution is 2.25. The van der Waals surface area contributed by atoms with Gasteiger partial charge in [0, 0.05) is 48.8 Å². The molecule has 0 aliphatic carbocycles. The Morgan fingerprint density at radius 3 is 2.88 bits per heavy atom. The molecule has 0 radical (unpaired) electrons. The minimum atomic E-state index is 0.0572. The van der Waals surface area contributed by atoms with E-state index in [1.54, 1.807) is 6.20 Å². The summed E-state index contributed by atoms with van der Waals surface area (Å²) < 4.78 is 0. The van der Waals surface area contributed by atoms with Crippen molar-refractivity contribution in [1.29, 1.82) is 0 Å². The number of aromatic nitrogens is 1. The number of pyridine rings is 1. The highest BCUT2D eigenvalue weighted by atomic mass is 16.3. The van der Waals surface area contributed by atoms with Gasteiger partial charge in [0.15, 0.2) is 0 Å². The molecule has 0 bridgehead atoms. The molecule has 1 aromatic rings. The van der Waals surface area contributed by atoms with Gasteiger partial charge in [-0.25, -0.2) is 0 Å². The van der Waals surface area contributed by atoms with Crippen LogP contribution in [0.1, 0.15) is 18.2 Å². The van der Waals surface area contributed by atoms with Crippen LogP contribution in [0.2, 0.25) is 0 Å². The summed E-state index contributed by atoms with van der Waals surface area (Å²) in [6.07, 6.45) is 1.79. The Morgan fingerprint density at radius 2 is 2.24 bits per heavy atom. The first-order chi connectivity index (χ1) is 8.11. The molecule has 1 aliphatic heterocycles. The number of hydrogen-bond donors (Lipinski definition) is 1. The molecule has 1 saturated heterocycles. The third-order valence-electron chi connectivity index (χ3n) is 3.41. The van der Waals surface area contributed by atoms with Crippen molar-refractivity contribution >= 4 is 5.69 Å². The predicted molar refractivity (Wildman–Crippen MR) is 69.2 cm³/mol. The molecule has 1 aromatic heterocycles. The van der Waals surface area contributed by atoms with E-state index in [4.69, 9.17) is 0 Å². The van der Waals surface area contributed by atoms with Crippen LogP contribution >= 0.6 is 0 Å². The zero-order valence-corrected chi connectivity index (χ0v) is 10.8. The summed E-state index contributed by atoms with van der Waals surface area (Å²) in [5.41, 5.74) is 3.07. The first-order valence-corrected chi connectivity index (χ1v) is 6.13. The molecule has 2 heterocycles. The van der Waals surface area contributed by atoms with Gasteiger partial charge in [0.1, 0.15) is 0 Å². The summed E-state index contributed by atoms with van der Waals surface area (Å²) >= 11 is 0. The van der Waals surface area contributed by atoms with Gasteiger partial charge < -0.3 is 14.9 Å². The molecule has 1 aliphatic rings. The Kier molecular flexibility index (Phi) is 3.64. The van der Waals surface area contributed by atoms with Crippen molar-refractivity contribution < 1.29 is 5.11 Å². The minimum Gasteiger partial charge on any atom is -0.392 e. The van der Waals surface area contributed by atoms with Crippen LogP contribution in [-0.4, -0.2) is 47.7 Å². The monoisotopic (exact) mass is 235 g/mol. The fourth-order valence-corrected chi connectivity index (χ4v) is 2.46. The van der Waals surface area contributed by atoms with Crippen molar-refractivity contribution in [2.75, 3.05) is 31.6 Å². The van der Waals surface area contributed by atoms with Crippen molar-refractivity contribution in [2.24, 2.45) is 0 Å². The summed E-state index contributed by atoms with van der Waals surface area (Å²) in [4.78, 5) is 8.96. The standard InChI is InChI=1S/C13H21N3O/c1-10-6-13(12(9-17)7-14-10)16-5-4-15(3)8-11(16)2/h6-7,11,17H,4-5,8-9H2,1-3H3. The zero-order chi connectivity index (χ0) is 12.4. The smallest absolute Gasteiger partial charge is 0.0717 e. The molecule has 17 heavy (non-hydrogen) atoms. The second kappa shape index (κ2) is 5.02. The summed E-state index contributed by atoms with van der Waals surface area (Å²) in [5, 5.41) is 9.40. The van der Waals surface area contributed by atoms with Crippen molar-refractivity contribution in [2.45, 2.75) is 26.5 Å². The van der Waals surface area contributed by atoms with E-state index in [1.165, 1.54) is 0 Å². The molecule has 4 nitrogen and oxygen atoms in total. The Morgan fingerprint density at radius 1 is 1.47 bits per heavy atom. The highest BCUT2D eigenvalue weighted by Gasteiger charge is 2.23. The van der Waals surface area contributed by atoms with Gasteiger partial charge in [-0.1, -0.05) is 0 Å². The number of hydrogen-bond acceptors (Lipinski definition) is 4. The fourth-order valence-electron chi connectivity index (χ4n) is 2.46. The molecule has 0 amide bonds. The lowest BCUT2D eigenvalue weighted by Gasteiger charge is -2.40. The van der Waals surface area contributed by atoms with E-state index in [0.29, 0.717) is 6.04 Å². The molecular weight excluding hydrogens is 214 g/mol. The topological polar surface area (TPSA) is 39.6 Å². The number of likely N-dealkylation sites (N-methyl/N-ethyl adjacent to an activating group) is 1. The summed E-state index contributed by atoms with van der Waals surface area (Å²) in [5.74, 6) is 0. The molecule has 1 N–H and O–H groups in total. The average Bonchev–Trinajstić information content (AvgIpc) is 2.29. The average molecular weight is 235 g/mol. The van der Waals surface area contributed by atoms with E-state index in [-0.39, 0.29) is 6.61 Å². The Labute approximate surface area is 103 Å². The van der Waals surface area contributed by atoms with Gasteiger partial charge in [0.05, 0.1) is 6.61 Å². The molecule has 94 valence electrons. The van der Waals surface area contributed by atoms with Crippen LogP contribution in [0.4, 0.5) is 5.69 Å². The van der Waals surface area contributed by atoms with Gasteiger partial charge >= 0.3 is 0 Å². The van der Waals surface area contributed by atoms with Gasteiger partial charge in [0.2, 0.25) is 0 Å². The molecule has 0 saturated carbocycles. The normalized spacial score (nSPS) is 21.9. The number of aliphatic hydroxyl groups is 1. The maximum Gasteiger partial charge on any atom is 0.0717 e. The maximum absolute atomic E-state index is 9.40. The molecule has 2 rings (SSSR count). The van der Waals surface area contributed by atoms with Crippen molar-refractivity contribution in [3.63, 3.8) is 0 Å². The number of nitrogens with zero attached hydrogens (tertiary/aromatic N) is 3. The summed E-state index contributed by atoms with van der Waals surface area (Å²) in [6, 6.07) is 2.55. The van der Waals surface area contributed by atoms with E-state index in [9.17, 15) is 5.11 Å². The SMILES string of the molecule is Cc1cc(N2CCN(C)CC2C)c(CO)cn1. The molecule has 0 spiro atoms. The van der Waals surface area contributed by atoms with Crippen LogP contribution in [0.5, 0.6) is 0 Å². The molecule has 1 atom stereocenters. The first kappa shape index (κ1) is 12.3. The number of aryl methyl sites for hydroxylation is 1. The molecule has 1 fully saturated rings. The molecule has 0 aromatic carbocycles. The van der Waals surface area contributed by atoms with Crippen molar-refractivity contribution in [3.05, 3.63) is 23.5 Å². The third-order valence-corrected chi connectivity index (χ3v) is 3.41. The van der Waals surface area contributed by atoms with E-state index < -0.39 is 0 Å². The van der Waals surface area contributed by atoms with Crippen LogP contribution < -0.4 is 4.90 Å². The van der Waals surface area contributed by atoms with Gasteiger partial charge in [-0.2, -0.15) is 0 Å². The van der Waals surface area contributed by atoms with E-state index in [1.807, 2.05) is 6.92 Å². The molecular formula is C13H21N3O. The van der Waals surface area contributed by atoms with Crippen LogP contribution in [0.3, 0.4) is 0 Å². The largest absolute Gasteiger partial charge is 0.392 e. The summed E-state index contributed by atoms with van der Waals surface area (Å²) in [7, 11) is 2.15. The van der Waals surface area contributed by atoms with Crippen molar-refractivity contribution in [1.82, 2.24) is 9.88 Å². The quantitative estimate of drug-likeness (QED) is 0.831. The number of rotatable bonds is 2. The van der Waals surface area contributed by atoms with Crippen LogP contribution in [0.25, 0.3) is 0 Å². The van der Waals surface area contributed by atoms with Gasteiger partial charge in [-0.3, -0.25) is 4.98 Å². The minimum absolute atomic E-state index is 0.0572. The van der Waals surface area contributed by atoms with E-state index >= 15 is 0 Å². The van der Waals surface area contributed by atoms with Gasteiger partial charge in [-0.15, -0.1) is 0 Å². The van der Waals surface area contributed by atoms with Crippen LogP contribution in [0, 0.1) is 6.92 Å². The fraction of sp³-hybridized carbons (Fsp3) is 0.615. The third kappa shape index (κ3) is 2.58. The predicted octanol–water partition coefficient (Wildman–Crippen LogP) is 1.02. The lowest BCUT2D eigenvalue weighted by atomic mass is 10.1. The highest BCUT2D eigenvalue weighted by molar-refractivity contribution is 5.54. The van der Waals surface area contributed by atoms with Crippen LogP contribution in [0.15, 0.2) is 12.3 Å². The number of piperazine rings is 1. The number of aliphatic hydroxyl groups excluding tert-OH is 1. The second-order valence-electron chi connectivity index (χ2n) is 4.92. The summed E-state index contributed by atoms with van der Waals surface area (Å²) in [6.45, 7) is 7.41. The molecule has 4 heteroatoms. The maximum atomic E-state index is 9.40. The van der Waals surface area contributed by atoms with Gasteiger partial charge in [-0.05, 0) is 27.0 Å². The van der Waals surface area contributed by atoms with E-state index in [2.05, 4.69) is 34.8 Å².